The third-order valence-electron chi connectivity index (χ3n) is 2.74. The van der Waals surface area contributed by atoms with Crippen LogP contribution in [0.4, 0.5) is 5.69 Å². The first-order valence-corrected chi connectivity index (χ1v) is 7.70. The van der Waals surface area contributed by atoms with Gasteiger partial charge >= 0.3 is 0 Å². The molecule has 1 aromatic carbocycles. The van der Waals surface area contributed by atoms with Gasteiger partial charge in [0.1, 0.15) is 0 Å². The molecule has 1 N–H and O–H groups in total. The zero-order valence-electron chi connectivity index (χ0n) is 10.9. The van der Waals surface area contributed by atoms with Gasteiger partial charge in [0.15, 0.2) is 0 Å². The molecule has 0 fully saturated rings. The number of nitrogens with zero attached hydrogens (tertiary/aromatic N) is 1. The van der Waals surface area contributed by atoms with Crippen molar-refractivity contribution >= 4 is 33.0 Å². The van der Waals surface area contributed by atoms with E-state index in [1.54, 1.807) is 0 Å². The Bertz CT molecular complexity index is 613. The first-order chi connectivity index (χ1) is 9.06. The molecule has 4 heteroatoms. The van der Waals surface area contributed by atoms with Gasteiger partial charge in [-0.2, -0.15) is 5.26 Å². The van der Waals surface area contributed by atoms with Crippen molar-refractivity contribution in [1.29, 1.82) is 5.26 Å². The van der Waals surface area contributed by atoms with Gasteiger partial charge in [0.25, 0.3) is 0 Å². The fraction of sp³-hybridized carbons (Fsp3) is 0.267. The molecule has 98 valence electrons. The number of halogens is 1. The molecule has 0 aliphatic rings. The highest BCUT2D eigenvalue weighted by atomic mass is 79.9. The summed E-state index contributed by atoms with van der Waals surface area (Å²) in [5, 5.41) is 12.4. The first kappa shape index (κ1) is 14.1. The number of rotatable bonds is 4. The summed E-state index contributed by atoms with van der Waals surface area (Å²) >= 11 is 5.26. The number of nitriles is 1. The van der Waals surface area contributed by atoms with Gasteiger partial charge in [0, 0.05) is 32.4 Å². The third-order valence-corrected chi connectivity index (χ3v) is 4.22. The van der Waals surface area contributed by atoms with Crippen molar-refractivity contribution in [3.8, 4) is 6.07 Å². The van der Waals surface area contributed by atoms with E-state index in [-0.39, 0.29) is 0 Å². The lowest BCUT2D eigenvalue weighted by Crippen LogP contribution is -2.17. The molecule has 0 spiro atoms. The molecular formula is C15H15BrN2S. The molecule has 0 amide bonds. The van der Waals surface area contributed by atoms with Crippen molar-refractivity contribution in [2.45, 2.75) is 26.3 Å². The second kappa shape index (κ2) is 6.23. The Morgan fingerprint density at radius 2 is 2.16 bits per heavy atom. The van der Waals surface area contributed by atoms with Gasteiger partial charge in [-0.25, -0.2) is 0 Å². The number of hydrogen-bond donors (Lipinski definition) is 1. The molecule has 2 nitrogen and oxygen atoms in total. The minimum Gasteiger partial charge on any atom is -0.382 e. The van der Waals surface area contributed by atoms with Gasteiger partial charge in [-0.05, 0) is 44.2 Å². The summed E-state index contributed by atoms with van der Waals surface area (Å²) in [5.74, 6) is 0. The van der Waals surface area contributed by atoms with E-state index in [9.17, 15) is 0 Å². The van der Waals surface area contributed by atoms with Gasteiger partial charge in [0.2, 0.25) is 0 Å². The molecule has 19 heavy (non-hydrogen) atoms. The summed E-state index contributed by atoms with van der Waals surface area (Å²) in [6, 6.07) is 12.5. The van der Waals surface area contributed by atoms with Crippen LogP contribution in [0.25, 0.3) is 0 Å². The minimum absolute atomic E-state index is 0.332. The van der Waals surface area contributed by atoms with Gasteiger partial charge in [0.05, 0.1) is 11.6 Å². The predicted molar refractivity (Wildman–Crippen MR) is 84.7 cm³/mol. The second-order valence-corrected chi connectivity index (χ2v) is 6.89. The third kappa shape index (κ3) is 4.09. The van der Waals surface area contributed by atoms with E-state index in [4.69, 9.17) is 5.26 Å². The van der Waals surface area contributed by atoms with Crippen LogP contribution in [0.1, 0.15) is 22.2 Å². The minimum atomic E-state index is 0.332. The van der Waals surface area contributed by atoms with Crippen LogP contribution in [0.3, 0.4) is 0 Å². The topological polar surface area (TPSA) is 35.8 Å². The number of nitrogens with one attached hydrogen (secondary N) is 1. The summed E-state index contributed by atoms with van der Waals surface area (Å²) in [5.41, 5.74) is 1.64. The summed E-state index contributed by atoms with van der Waals surface area (Å²) in [7, 11) is 0. The number of benzene rings is 1. The highest BCUT2D eigenvalue weighted by molar-refractivity contribution is 9.10. The Kier molecular flexibility index (Phi) is 4.62. The lowest BCUT2D eigenvalue weighted by Gasteiger charge is -2.15. The highest BCUT2D eigenvalue weighted by Crippen LogP contribution is 2.22. The molecule has 1 unspecified atom stereocenters. The number of anilines is 1. The van der Waals surface area contributed by atoms with Crippen molar-refractivity contribution < 1.29 is 0 Å². The van der Waals surface area contributed by atoms with E-state index in [1.807, 2.05) is 29.5 Å². The van der Waals surface area contributed by atoms with Crippen LogP contribution in [0, 0.1) is 18.3 Å². The van der Waals surface area contributed by atoms with E-state index in [0.717, 1.165) is 16.6 Å². The van der Waals surface area contributed by atoms with Crippen molar-refractivity contribution in [3.63, 3.8) is 0 Å². The Morgan fingerprint density at radius 3 is 2.79 bits per heavy atom. The van der Waals surface area contributed by atoms with Crippen LogP contribution in [0.5, 0.6) is 0 Å². The highest BCUT2D eigenvalue weighted by Gasteiger charge is 2.07. The number of aryl methyl sites for hydroxylation is 1. The Balaban J connectivity index is 2.04. The standard InChI is InChI=1S/C15H15BrN2S/c1-10(5-15-4-3-11(2)19-15)18-14-7-12(9-17)6-13(16)8-14/h3-4,6-8,10,18H,5H2,1-2H3. The zero-order valence-corrected chi connectivity index (χ0v) is 13.3. The van der Waals surface area contributed by atoms with Gasteiger partial charge in [-0.1, -0.05) is 15.9 Å². The predicted octanol–water partition coefficient (Wildman–Crippen LogP) is 4.73. The molecule has 0 aliphatic heterocycles. The maximum atomic E-state index is 8.96. The molecule has 0 bridgehead atoms. The molecule has 1 heterocycles. The van der Waals surface area contributed by atoms with E-state index in [1.165, 1.54) is 9.75 Å². The van der Waals surface area contributed by atoms with Crippen LogP contribution < -0.4 is 5.32 Å². The maximum absolute atomic E-state index is 8.96. The lowest BCUT2D eigenvalue weighted by molar-refractivity contribution is 0.800. The quantitative estimate of drug-likeness (QED) is 0.876. The molecule has 2 aromatic rings. The Hall–Kier alpha value is -1.31. The average molecular weight is 335 g/mol. The van der Waals surface area contributed by atoms with E-state index in [2.05, 4.69) is 53.3 Å². The van der Waals surface area contributed by atoms with Gasteiger partial charge < -0.3 is 5.32 Å². The summed E-state index contributed by atoms with van der Waals surface area (Å²) in [4.78, 5) is 2.73. The molecule has 0 saturated carbocycles. The van der Waals surface area contributed by atoms with E-state index in [0.29, 0.717) is 11.6 Å². The number of hydrogen-bond acceptors (Lipinski definition) is 3. The average Bonchev–Trinajstić information content (AvgIpc) is 2.73. The van der Waals surface area contributed by atoms with Crippen molar-refractivity contribution in [2.24, 2.45) is 0 Å². The zero-order chi connectivity index (χ0) is 13.8. The second-order valence-electron chi connectivity index (χ2n) is 4.60. The lowest BCUT2D eigenvalue weighted by atomic mass is 10.1. The van der Waals surface area contributed by atoms with E-state index >= 15 is 0 Å². The van der Waals surface area contributed by atoms with Crippen LogP contribution in [0.15, 0.2) is 34.8 Å². The molecule has 2 rings (SSSR count). The SMILES string of the molecule is Cc1ccc(CC(C)Nc2cc(Br)cc(C#N)c2)s1. The Morgan fingerprint density at radius 1 is 1.37 bits per heavy atom. The van der Waals surface area contributed by atoms with Gasteiger partial charge in [-0.15, -0.1) is 11.3 Å². The van der Waals surface area contributed by atoms with Crippen LogP contribution >= 0.6 is 27.3 Å². The molecule has 1 atom stereocenters. The van der Waals surface area contributed by atoms with Crippen LogP contribution in [0.2, 0.25) is 0 Å². The van der Waals surface area contributed by atoms with Crippen molar-refractivity contribution in [1.82, 2.24) is 0 Å². The molecule has 1 aromatic heterocycles. The monoisotopic (exact) mass is 334 g/mol. The summed E-state index contributed by atoms with van der Waals surface area (Å²) in [6.45, 7) is 4.28. The smallest absolute Gasteiger partial charge is 0.0992 e. The van der Waals surface area contributed by atoms with Crippen LogP contribution in [-0.4, -0.2) is 6.04 Å². The fourth-order valence-corrected chi connectivity index (χ4v) is 3.48. The fourth-order valence-electron chi connectivity index (χ4n) is 1.97. The number of thiophene rings is 1. The molecule has 0 aliphatic carbocycles. The maximum Gasteiger partial charge on any atom is 0.0992 e. The van der Waals surface area contributed by atoms with Gasteiger partial charge in [-0.3, -0.25) is 0 Å². The van der Waals surface area contributed by atoms with Crippen molar-refractivity contribution in [3.05, 3.63) is 50.1 Å². The molecule has 0 saturated heterocycles. The largest absolute Gasteiger partial charge is 0.382 e. The first-order valence-electron chi connectivity index (χ1n) is 6.09. The normalized spacial score (nSPS) is 11.9. The van der Waals surface area contributed by atoms with Crippen molar-refractivity contribution in [2.75, 3.05) is 5.32 Å². The molecule has 0 radical (unpaired) electrons. The Labute approximate surface area is 126 Å². The van der Waals surface area contributed by atoms with Crippen LogP contribution in [-0.2, 0) is 6.42 Å². The van der Waals surface area contributed by atoms with E-state index < -0.39 is 0 Å². The summed E-state index contributed by atoms with van der Waals surface area (Å²) < 4.78 is 0.924. The molecular weight excluding hydrogens is 320 g/mol. The summed E-state index contributed by atoms with van der Waals surface area (Å²) in [6.07, 6.45) is 0.993.